The number of Topliss-reactive ketones (excluding diaryl/α,β-unsaturated/α-hetero) is 1. The Balaban J connectivity index is 2.05. The Hall–Kier alpha value is -1.42. The van der Waals surface area contributed by atoms with Gasteiger partial charge in [-0.05, 0) is 18.9 Å². The van der Waals surface area contributed by atoms with E-state index in [1.165, 1.54) is 0 Å². The summed E-state index contributed by atoms with van der Waals surface area (Å²) in [5.74, 6) is 0.929. The number of hydrogen-bond acceptors (Lipinski definition) is 4. The summed E-state index contributed by atoms with van der Waals surface area (Å²) in [5.41, 5.74) is 0.498. The van der Waals surface area contributed by atoms with Crippen LogP contribution in [0.15, 0.2) is 18.3 Å². The maximum Gasteiger partial charge on any atom is 0.188 e. The van der Waals surface area contributed by atoms with Crippen molar-refractivity contribution in [3.63, 3.8) is 0 Å². The first-order chi connectivity index (χ1) is 7.81. The monoisotopic (exact) mass is 221 g/mol. The van der Waals surface area contributed by atoms with Gasteiger partial charge in [-0.25, -0.2) is 0 Å². The average molecular weight is 221 g/mol. The number of ether oxygens (including phenoxy) is 2. The lowest BCUT2D eigenvalue weighted by atomic mass is 9.81. The van der Waals surface area contributed by atoms with E-state index in [1.54, 1.807) is 25.4 Å². The summed E-state index contributed by atoms with van der Waals surface area (Å²) in [7, 11) is 1.56. The van der Waals surface area contributed by atoms with Crippen molar-refractivity contribution >= 4 is 5.78 Å². The van der Waals surface area contributed by atoms with Crippen LogP contribution in [0.1, 0.15) is 29.8 Å². The molecule has 1 aliphatic carbocycles. The maximum atomic E-state index is 11.9. The molecule has 0 aliphatic heterocycles. The van der Waals surface area contributed by atoms with Gasteiger partial charge in [-0.2, -0.15) is 0 Å². The SMILES string of the molecule is COCOc1ccnc(C(=O)C2CCC2)c1. The van der Waals surface area contributed by atoms with E-state index in [0.717, 1.165) is 19.3 Å². The molecule has 0 radical (unpaired) electrons. The highest BCUT2D eigenvalue weighted by Crippen LogP contribution is 2.29. The van der Waals surface area contributed by atoms with Crippen LogP contribution in [0.2, 0.25) is 0 Å². The largest absolute Gasteiger partial charge is 0.467 e. The molecule has 16 heavy (non-hydrogen) atoms. The molecule has 1 saturated carbocycles. The van der Waals surface area contributed by atoms with Crippen molar-refractivity contribution in [2.24, 2.45) is 5.92 Å². The molecule has 4 heteroatoms. The Bertz CT molecular complexity index is 374. The van der Waals surface area contributed by atoms with Gasteiger partial charge in [0, 0.05) is 25.3 Å². The quantitative estimate of drug-likeness (QED) is 0.564. The number of methoxy groups -OCH3 is 1. The number of aromatic nitrogens is 1. The Morgan fingerprint density at radius 1 is 1.56 bits per heavy atom. The zero-order valence-corrected chi connectivity index (χ0v) is 9.31. The van der Waals surface area contributed by atoms with Crippen LogP contribution in [0.4, 0.5) is 0 Å². The third-order valence-electron chi connectivity index (χ3n) is 2.80. The third-order valence-corrected chi connectivity index (χ3v) is 2.80. The van der Waals surface area contributed by atoms with Gasteiger partial charge in [-0.15, -0.1) is 0 Å². The Labute approximate surface area is 94.6 Å². The first kappa shape index (κ1) is 11.1. The number of carbonyl (C=O) groups is 1. The van der Waals surface area contributed by atoms with Crippen molar-refractivity contribution in [3.05, 3.63) is 24.0 Å². The minimum atomic E-state index is 0.133. The highest BCUT2D eigenvalue weighted by molar-refractivity contribution is 5.96. The van der Waals surface area contributed by atoms with E-state index < -0.39 is 0 Å². The fourth-order valence-corrected chi connectivity index (χ4v) is 1.64. The molecule has 1 fully saturated rings. The van der Waals surface area contributed by atoms with Crippen LogP contribution in [0.3, 0.4) is 0 Å². The van der Waals surface area contributed by atoms with E-state index in [0.29, 0.717) is 11.4 Å². The van der Waals surface area contributed by atoms with E-state index >= 15 is 0 Å². The summed E-state index contributed by atoms with van der Waals surface area (Å²) in [5, 5.41) is 0. The molecule has 1 aromatic rings. The number of nitrogens with zero attached hydrogens (tertiary/aromatic N) is 1. The summed E-state index contributed by atoms with van der Waals surface area (Å²) in [6, 6.07) is 3.40. The standard InChI is InChI=1S/C12H15NO3/c1-15-8-16-10-5-6-13-11(7-10)12(14)9-3-2-4-9/h5-7,9H,2-4,8H2,1H3. The first-order valence-electron chi connectivity index (χ1n) is 5.43. The van der Waals surface area contributed by atoms with Crippen LogP contribution < -0.4 is 4.74 Å². The molecule has 1 aliphatic rings. The van der Waals surface area contributed by atoms with Gasteiger partial charge in [-0.1, -0.05) is 6.42 Å². The van der Waals surface area contributed by atoms with Crippen LogP contribution in [0.25, 0.3) is 0 Å². The predicted molar refractivity (Wildman–Crippen MR) is 58.4 cm³/mol. The van der Waals surface area contributed by atoms with Crippen LogP contribution in [-0.4, -0.2) is 24.7 Å². The number of pyridine rings is 1. The van der Waals surface area contributed by atoms with Gasteiger partial charge in [0.1, 0.15) is 11.4 Å². The second kappa shape index (κ2) is 5.07. The van der Waals surface area contributed by atoms with E-state index in [-0.39, 0.29) is 18.5 Å². The Morgan fingerprint density at radius 3 is 3.00 bits per heavy atom. The number of hydrogen-bond donors (Lipinski definition) is 0. The fourth-order valence-electron chi connectivity index (χ4n) is 1.64. The van der Waals surface area contributed by atoms with Gasteiger partial charge in [0.05, 0.1) is 0 Å². The second-order valence-corrected chi connectivity index (χ2v) is 3.92. The lowest BCUT2D eigenvalue weighted by Gasteiger charge is -2.23. The molecule has 2 rings (SSSR count). The van der Waals surface area contributed by atoms with Crippen molar-refractivity contribution in [3.8, 4) is 5.75 Å². The van der Waals surface area contributed by atoms with Crippen molar-refractivity contribution in [1.82, 2.24) is 4.98 Å². The van der Waals surface area contributed by atoms with Crippen molar-refractivity contribution in [2.75, 3.05) is 13.9 Å². The fraction of sp³-hybridized carbons (Fsp3) is 0.500. The molecular formula is C12H15NO3. The number of rotatable bonds is 5. The van der Waals surface area contributed by atoms with Crippen LogP contribution in [-0.2, 0) is 4.74 Å². The number of carbonyl (C=O) groups excluding carboxylic acids is 1. The zero-order chi connectivity index (χ0) is 11.4. The zero-order valence-electron chi connectivity index (χ0n) is 9.31. The number of ketones is 1. The second-order valence-electron chi connectivity index (χ2n) is 3.92. The van der Waals surface area contributed by atoms with Crippen LogP contribution in [0.5, 0.6) is 5.75 Å². The van der Waals surface area contributed by atoms with Gasteiger partial charge in [-0.3, -0.25) is 9.78 Å². The minimum Gasteiger partial charge on any atom is -0.467 e. The van der Waals surface area contributed by atoms with Gasteiger partial charge in [0.2, 0.25) is 0 Å². The maximum absolute atomic E-state index is 11.9. The summed E-state index contributed by atoms with van der Waals surface area (Å²) in [4.78, 5) is 16.0. The highest BCUT2D eigenvalue weighted by Gasteiger charge is 2.27. The van der Waals surface area contributed by atoms with E-state index in [4.69, 9.17) is 9.47 Å². The molecule has 0 amide bonds. The first-order valence-corrected chi connectivity index (χ1v) is 5.43. The Kier molecular flexibility index (Phi) is 3.51. The third kappa shape index (κ3) is 2.39. The summed E-state index contributed by atoms with van der Waals surface area (Å²) in [6.45, 7) is 0.182. The van der Waals surface area contributed by atoms with Crippen molar-refractivity contribution in [1.29, 1.82) is 0 Å². The van der Waals surface area contributed by atoms with Crippen LogP contribution in [0, 0.1) is 5.92 Å². The molecule has 0 bridgehead atoms. The highest BCUT2D eigenvalue weighted by atomic mass is 16.7. The topological polar surface area (TPSA) is 48.4 Å². The average Bonchev–Trinajstić information content (AvgIpc) is 2.24. The molecule has 1 heterocycles. The summed E-state index contributed by atoms with van der Waals surface area (Å²) >= 11 is 0. The van der Waals surface area contributed by atoms with Gasteiger partial charge >= 0.3 is 0 Å². The molecule has 0 atom stereocenters. The van der Waals surface area contributed by atoms with Gasteiger partial charge in [0.25, 0.3) is 0 Å². The molecule has 4 nitrogen and oxygen atoms in total. The molecule has 86 valence electrons. The molecule has 0 saturated heterocycles. The molecule has 1 aromatic heterocycles. The summed E-state index contributed by atoms with van der Waals surface area (Å²) < 4.78 is 10.1. The molecular weight excluding hydrogens is 206 g/mol. The normalized spacial score (nSPS) is 15.6. The van der Waals surface area contributed by atoms with E-state index in [9.17, 15) is 4.79 Å². The van der Waals surface area contributed by atoms with Crippen molar-refractivity contribution < 1.29 is 14.3 Å². The lowest BCUT2D eigenvalue weighted by molar-refractivity contribution is 0.0509. The predicted octanol–water partition coefficient (Wildman–Crippen LogP) is 2.05. The smallest absolute Gasteiger partial charge is 0.188 e. The Morgan fingerprint density at radius 2 is 2.38 bits per heavy atom. The minimum absolute atomic E-state index is 0.133. The molecule has 0 spiro atoms. The molecule has 0 unspecified atom stereocenters. The van der Waals surface area contributed by atoms with Crippen LogP contribution >= 0.6 is 0 Å². The van der Waals surface area contributed by atoms with Gasteiger partial charge in [0.15, 0.2) is 12.6 Å². The lowest BCUT2D eigenvalue weighted by Crippen LogP contribution is -2.22. The van der Waals surface area contributed by atoms with Gasteiger partial charge < -0.3 is 9.47 Å². The molecule has 0 aromatic carbocycles. The van der Waals surface area contributed by atoms with Crippen molar-refractivity contribution in [2.45, 2.75) is 19.3 Å². The molecule has 0 N–H and O–H groups in total. The summed E-state index contributed by atoms with van der Waals surface area (Å²) in [6.07, 6.45) is 4.72. The van der Waals surface area contributed by atoms with E-state index in [2.05, 4.69) is 4.98 Å². The van der Waals surface area contributed by atoms with E-state index in [1.807, 2.05) is 0 Å².